The van der Waals surface area contributed by atoms with Crippen molar-refractivity contribution in [2.45, 2.75) is 6.54 Å². The van der Waals surface area contributed by atoms with E-state index in [4.69, 9.17) is 0 Å². The van der Waals surface area contributed by atoms with E-state index in [1.165, 1.54) is 23.3 Å². The lowest BCUT2D eigenvalue weighted by Crippen LogP contribution is -2.40. The molecular weight excluding hydrogens is 452 g/mol. The van der Waals surface area contributed by atoms with E-state index in [1.54, 1.807) is 12.3 Å². The first-order chi connectivity index (χ1) is 12.7. The van der Waals surface area contributed by atoms with Crippen LogP contribution in [0, 0.1) is 0 Å². The van der Waals surface area contributed by atoms with Gasteiger partial charge in [-0.2, -0.15) is 4.31 Å². The number of fused-ring (bicyclic) bond motifs is 1. The summed E-state index contributed by atoms with van der Waals surface area (Å²) in [5.74, 6) is -0.369. The van der Waals surface area contributed by atoms with Crippen LogP contribution in [0.3, 0.4) is 0 Å². The predicted octanol–water partition coefficient (Wildman–Crippen LogP) is 2.88. The fourth-order valence-electron chi connectivity index (χ4n) is 2.31. The van der Waals surface area contributed by atoms with Crippen molar-refractivity contribution in [2.24, 2.45) is 0 Å². The Balaban J connectivity index is 1.96. The molecule has 3 rings (SSSR count). The number of benzene rings is 1. The Hall–Kier alpha value is -1.88. The van der Waals surface area contributed by atoms with Gasteiger partial charge in [0, 0.05) is 17.7 Å². The number of sulfonamides is 1. The van der Waals surface area contributed by atoms with E-state index in [1.807, 2.05) is 30.3 Å². The SMILES string of the molecule is CN(CC(=O)N(Cc1ccccn1)c1nc2ccc(Br)cc2s1)S(C)(=O)=O. The first-order valence-corrected chi connectivity index (χ1v) is 11.4. The van der Waals surface area contributed by atoms with E-state index >= 15 is 0 Å². The minimum absolute atomic E-state index is 0.207. The van der Waals surface area contributed by atoms with E-state index in [9.17, 15) is 13.2 Å². The summed E-state index contributed by atoms with van der Waals surface area (Å²) in [5, 5.41) is 0.501. The van der Waals surface area contributed by atoms with Gasteiger partial charge >= 0.3 is 0 Å². The number of carbonyl (C=O) groups excluding carboxylic acids is 1. The van der Waals surface area contributed by atoms with Gasteiger partial charge in [0.05, 0.1) is 35.3 Å². The smallest absolute Gasteiger partial charge is 0.244 e. The lowest BCUT2D eigenvalue weighted by atomic mass is 10.3. The first kappa shape index (κ1) is 19.9. The summed E-state index contributed by atoms with van der Waals surface area (Å²) in [7, 11) is -2.09. The molecule has 1 amide bonds. The Bertz CT molecular complexity index is 1070. The molecule has 7 nitrogen and oxygen atoms in total. The minimum atomic E-state index is -3.47. The number of hydrogen-bond acceptors (Lipinski definition) is 6. The van der Waals surface area contributed by atoms with Gasteiger partial charge in [0.2, 0.25) is 15.9 Å². The van der Waals surface area contributed by atoms with Crippen molar-refractivity contribution in [3.8, 4) is 0 Å². The number of anilines is 1. The maximum absolute atomic E-state index is 12.9. The molecule has 3 aromatic rings. The van der Waals surface area contributed by atoms with E-state index in [2.05, 4.69) is 25.9 Å². The second kappa shape index (κ2) is 8.01. The zero-order valence-corrected chi connectivity index (χ0v) is 17.9. The molecule has 10 heteroatoms. The molecule has 27 heavy (non-hydrogen) atoms. The molecule has 0 N–H and O–H groups in total. The molecule has 0 fully saturated rings. The number of amides is 1. The molecule has 0 aliphatic carbocycles. The van der Waals surface area contributed by atoms with Crippen LogP contribution in [0.25, 0.3) is 10.2 Å². The van der Waals surface area contributed by atoms with E-state index in [-0.39, 0.29) is 19.0 Å². The minimum Gasteiger partial charge on any atom is -0.281 e. The number of likely N-dealkylation sites (N-methyl/N-ethyl adjacent to an activating group) is 1. The van der Waals surface area contributed by atoms with Crippen LogP contribution in [0.5, 0.6) is 0 Å². The number of pyridine rings is 1. The van der Waals surface area contributed by atoms with Crippen LogP contribution in [0.1, 0.15) is 5.69 Å². The summed E-state index contributed by atoms with van der Waals surface area (Å²) < 4.78 is 26.2. The zero-order valence-electron chi connectivity index (χ0n) is 14.7. The van der Waals surface area contributed by atoms with Crippen LogP contribution in [-0.4, -0.2) is 48.4 Å². The third-order valence-corrected chi connectivity index (χ3v) is 6.64. The average molecular weight is 469 g/mol. The summed E-state index contributed by atoms with van der Waals surface area (Å²) in [5.41, 5.74) is 1.46. The van der Waals surface area contributed by atoms with Crippen molar-refractivity contribution in [2.75, 3.05) is 24.7 Å². The van der Waals surface area contributed by atoms with Gasteiger partial charge in [-0.25, -0.2) is 13.4 Å². The lowest BCUT2D eigenvalue weighted by molar-refractivity contribution is -0.118. The van der Waals surface area contributed by atoms with E-state index in [0.717, 1.165) is 25.3 Å². The molecule has 0 aliphatic heterocycles. The van der Waals surface area contributed by atoms with Gasteiger partial charge in [0.15, 0.2) is 5.13 Å². The summed E-state index contributed by atoms with van der Waals surface area (Å²) in [4.78, 5) is 23.2. The number of aromatic nitrogens is 2. The topological polar surface area (TPSA) is 83.5 Å². The van der Waals surface area contributed by atoms with Crippen LogP contribution < -0.4 is 4.90 Å². The average Bonchev–Trinajstić information content (AvgIpc) is 3.02. The van der Waals surface area contributed by atoms with Crippen molar-refractivity contribution < 1.29 is 13.2 Å². The summed E-state index contributed by atoms with van der Waals surface area (Å²) in [6.07, 6.45) is 2.72. The molecule has 2 heterocycles. The standard InChI is InChI=1S/C17H17BrN4O3S2/c1-21(27(2,24)25)11-16(23)22(10-13-5-3-4-8-19-13)17-20-14-7-6-12(18)9-15(14)26-17/h3-9H,10-11H2,1-2H3. The fraction of sp³-hybridized carbons (Fsp3) is 0.235. The summed E-state index contributed by atoms with van der Waals surface area (Å²) >= 11 is 4.80. The largest absolute Gasteiger partial charge is 0.281 e. The van der Waals surface area contributed by atoms with Gasteiger partial charge in [-0.15, -0.1) is 0 Å². The Morgan fingerprint density at radius 3 is 2.70 bits per heavy atom. The van der Waals surface area contributed by atoms with Crippen molar-refractivity contribution >= 4 is 58.5 Å². The van der Waals surface area contributed by atoms with Gasteiger partial charge < -0.3 is 0 Å². The molecule has 0 saturated heterocycles. The van der Waals surface area contributed by atoms with Crippen molar-refractivity contribution in [1.82, 2.24) is 14.3 Å². The monoisotopic (exact) mass is 468 g/mol. The van der Waals surface area contributed by atoms with E-state index in [0.29, 0.717) is 10.8 Å². The number of halogens is 1. The van der Waals surface area contributed by atoms with Crippen molar-refractivity contribution in [3.63, 3.8) is 0 Å². The molecule has 2 aromatic heterocycles. The van der Waals surface area contributed by atoms with Gasteiger partial charge in [0.1, 0.15) is 0 Å². The zero-order chi connectivity index (χ0) is 19.6. The van der Waals surface area contributed by atoms with Crippen LogP contribution in [-0.2, 0) is 21.4 Å². The quantitative estimate of drug-likeness (QED) is 0.555. The van der Waals surface area contributed by atoms with E-state index < -0.39 is 10.0 Å². The van der Waals surface area contributed by atoms with Crippen LogP contribution in [0.2, 0.25) is 0 Å². The molecule has 1 aromatic carbocycles. The highest BCUT2D eigenvalue weighted by Gasteiger charge is 2.24. The second-order valence-electron chi connectivity index (χ2n) is 5.93. The molecule has 0 saturated carbocycles. The molecule has 0 atom stereocenters. The molecule has 0 aliphatic rings. The Morgan fingerprint density at radius 2 is 2.04 bits per heavy atom. The Labute approximate surface area is 169 Å². The molecule has 0 radical (unpaired) electrons. The molecule has 0 bridgehead atoms. The lowest BCUT2D eigenvalue weighted by Gasteiger charge is -2.22. The predicted molar refractivity (Wildman–Crippen MR) is 110 cm³/mol. The summed E-state index contributed by atoms with van der Waals surface area (Å²) in [6.45, 7) is -0.0659. The maximum Gasteiger partial charge on any atom is 0.244 e. The number of thiazole rings is 1. The van der Waals surface area contributed by atoms with Crippen molar-refractivity contribution in [1.29, 1.82) is 0 Å². The first-order valence-electron chi connectivity index (χ1n) is 7.92. The van der Waals surface area contributed by atoms with Gasteiger partial charge in [-0.3, -0.25) is 14.7 Å². The van der Waals surface area contributed by atoms with Crippen molar-refractivity contribution in [3.05, 3.63) is 52.8 Å². The number of nitrogens with zero attached hydrogens (tertiary/aromatic N) is 4. The molecule has 142 valence electrons. The maximum atomic E-state index is 12.9. The van der Waals surface area contributed by atoms with Crippen LogP contribution in [0.4, 0.5) is 5.13 Å². The number of rotatable bonds is 6. The third kappa shape index (κ3) is 4.89. The summed E-state index contributed by atoms with van der Waals surface area (Å²) in [6, 6.07) is 11.1. The molecule has 0 unspecified atom stereocenters. The Morgan fingerprint density at radius 1 is 1.26 bits per heavy atom. The third-order valence-electron chi connectivity index (χ3n) is 3.84. The fourth-order valence-corrected chi connectivity index (χ4v) is 4.19. The van der Waals surface area contributed by atoms with Crippen LogP contribution >= 0.6 is 27.3 Å². The van der Waals surface area contributed by atoms with Gasteiger partial charge in [0.25, 0.3) is 0 Å². The second-order valence-corrected chi connectivity index (χ2v) is 9.94. The normalized spacial score (nSPS) is 11.9. The van der Waals surface area contributed by atoms with Gasteiger partial charge in [-0.05, 0) is 30.3 Å². The number of hydrogen-bond donors (Lipinski definition) is 0. The van der Waals surface area contributed by atoms with Crippen LogP contribution in [0.15, 0.2) is 47.1 Å². The van der Waals surface area contributed by atoms with Gasteiger partial charge in [-0.1, -0.05) is 33.3 Å². The highest BCUT2D eigenvalue weighted by molar-refractivity contribution is 9.10. The molecular formula is C17H17BrN4O3S2. The molecule has 0 spiro atoms. The highest BCUT2D eigenvalue weighted by Crippen LogP contribution is 2.31. The highest BCUT2D eigenvalue weighted by atomic mass is 79.9. The Kier molecular flexibility index (Phi) is 5.89. The number of carbonyl (C=O) groups is 1.